The summed E-state index contributed by atoms with van der Waals surface area (Å²) < 4.78 is 89.6. The first kappa shape index (κ1) is 34.5. The largest absolute Gasteiger partial charge is 0.508 e. The van der Waals surface area contributed by atoms with E-state index in [-0.39, 0.29) is 23.2 Å². The molecule has 2 N–H and O–H groups in total. The summed E-state index contributed by atoms with van der Waals surface area (Å²) in [4.78, 5) is 2.12. The number of phenolic OH excluding ortho intramolecular Hbond substituents is 1. The highest BCUT2D eigenvalue weighted by molar-refractivity contribution is 7.84. The summed E-state index contributed by atoms with van der Waals surface area (Å²) in [5, 5.41) is 20.9. The van der Waals surface area contributed by atoms with Crippen molar-refractivity contribution in [2.24, 2.45) is 23.2 Å². The number of hydrogen-bond donors (Lipinski definition) is 2. The molecule has 3 aliphatic rings. The summed E-state index contributed by atoms with van der Waals surface area (Å²) in [7, 11) is 0.540. The van der Waals surface area contributed by atoms with Crippen molar-refractivity contribution >= 4 is 10.8 Å². The first-order valence-electron chi connectivity index (χ1n) is 15.8. The van der Waals surface area contributed by atoms with Crippen molar-refractivity contribution in [2.45, 2.75) is 108 Å². The van der Waals surface area contributed by atoms with Crippen molar-refractivity contribution in [1.82, 2.24) is 4.90 Å². The van der Waals surface area contributed by atoms with Crippen molar-refractivity contribution < 1.29 is 40.8 Å². The molecule has 2 saturated carbocycles. The maximum atomic E-state index is 14.8. The van der Waals surface area contributed by atoms with E-state index in [2.05, 4.69) is 11.8 Å². The van der Waals surface area contributed by atoms with Gasteiger partial charge in [-0.15, -0.1) is 0 Å². The number of fused-ring (bicyclic) bond motifs is 5. The maximum Gasteiger partial charge on any atom is 0.453 e. The monoisotopic (exact) mass is 639 g/mol. The summed E-state index contributed by atoms with van der Waals surface area (Å²) in [5.41, 5.74) is 2.07. The molecule has 0 radical (unpaired) electrons. The molecular formula is C32H47F6NO3S. The Bertz CT molecular complexity index is 1100. The predicted octanol–water partition coefficient (Wildman–Crippen LogP) is 7.39. The molecule has 1 aromatic carbocycles. The second kappa shape index (κ2) is 14.0. The van der Waals surface area contributed by atoms with Crippen LogP contribution in [0.4, 0.5) is 26.3 Å². The van der Waals surface area contributed by atoms with Crippen LogP contribution in [0.25, 0.3) is 0 Å². The molecule has 0 saturated heterocycles. The molecule has 4 rings (SSSR count). The van der Waals surface area contributed by atoms with Gasteiger partial charge in [-0.3, -0.25) is 4.21 Å². The highest BCUT2D eigenvalue weighted by Gasteiger charge is 2.60. The molecule has 1 aromatic rings. The highest BCUT2D eigenvalue weighted by Crippen LogP contribution is 2.63. The third-order valence-electron chi connectivity index (χ3n) is 10.6. The Balaban J connectivity index is 1.20. The number of nitrogens with zero attached hydrogens (tertiary/aromatic N) is 1. The first-order chi connectivity index (χ1) is 20.1. The number of aliphatic hydroxyl groups excluding tert-OH is 1. The zero-order chi connectivity index (χ0) is 31.6. The number of unbranched alkanes of at least 4 members (excludes halogenated alkanes) is 2. The number of phenols is 1. The lowest BCUT2D eigenvalue weighted by Crippen LogP contribution is -2.47. The fraction of sp³-hybridized carbons (Fsp3) is 0.812. The molecule has 0 amide bonds. The van der Waals surface area contributed by atoms with Crippen molar-refractivity contribution in [3.05, 3.63) is 29.3 Å². The second-order valence-electron chi connectivity index (χ2n) is 13.5. The smallest absolute Gasteiger partial charge is 0.453 e. The Morgan fingerprint density at radius 2 is 1.74 bits per heavy atom. The van der Waals surface area contributed by atoms with Crippen LogP contribution in [-0.2, 0) is 17.2 Å². The third kappa shape index (κ3) is 7.91. The van der Waals surface area contributed by atoms with Crippen LogP contribution in [-0.4, -0.2) is 75.3 Å². The quantitative estimate of drug-likeness (QED) is 0.165. The molecule has 246 valence electrons. The molecule has 1 unspecified atom stereocenters. The van der Waals surface area contributed by atoms with E-state index in [4.69, 9.17) is 0 Å². The molecule has 0 spiro atoms. The summed E-state index contributed by atoms with van der Waals surface area (Å²) in [6.07, 6.45) is -1.83. The molecule has 4 nitrogen and oxygen atoms in total. The fourth-order valence-electron chi connectivity index (χ4n) is 8.28. The summed E-state index contributed by atoms with van der Waals surface area (Å²) in [5.74, 6) is -3.21. The number of rotatable bonds is 14. The summed E-state index contributed by atoms with van der Waals surface area (Å²) >= 11 is 0. The van der Waals surface area contributed by atoms with Gasteiger partial charge in [-0.05, 0) is 124 Å². The van der Waals surface area contributed by atoms with Gasteiger partial charge in [-0.2, -0.15) is 22.0 Å². The number of aromatic hydroxyl groups is 1. The number of alkyl halides is 6. The Morgan fingerprint density at radius 3 is 2.47 bits per heavy atom. The SMILES string of the molecule is CN(CCCCC[C@@H]1Cc2cc(O)ccc2[C@H]2CC[C@]3(C)[C@@H](O)[C@H](F)C[C@H]3[C@H]12)CCCS(=O)CCCC(F)(F)C(F)(F)F. The zero-order valence-corrected chi connectivity index (χ0v) is 26.0. The van der Waals surface area contributed by atoms with Crippen LogP contribution in [0.1, 0.15) is 88.2 Å². The van der Waals surface area contributed by atoms with Gasteiger partial charge in [0.15, 0.2) is 0 Å². The van der Waals surface area contributed by atoms with E-state index in [9.17, 15) is 40.8 Å². The van der Waals surface area contributed by atoms with E-state index in [0.717, 1.165) is 51.5 Å². The first-order valence-corrected chi connectivity index (χ1v) is 17.2. The van der Waals surface area contributed by atoms with E-state index in [1.807, 2.05) is 19.2 Å². The molecule has 8 atom stereocenters. The summed E-state index contributed by atoms with van der Waals surface area (Å²) in [6.45, 7) is 3.58. The van der Waals surface area contributed by atoms with Gasteiger partial charge in [0.25, 0.3) is 0 Å². The van der Waals surface area contributed by atoms with Gasteiger partial charge in [0, 0.05) is 28.7 Å². The maximum absolute atomic E-state index is 14.8. The normalized spacial score (nSPS) is 31.5. The Kier molecular flexibility index (Phi) is 11.2. The van der Waals surface area contributed by atoms with Crippen LogP contribution in [0.2, 0.25) is 0 Å². The van der Waals surface area contributed by atoms with Crippen molar-refractivity contribution in [3.8, 4) is 5.75 Å². The van der Waals surface area contributed by atoms with E-state index < -0.39 is 53.4 Å². The minimum absolute atomic E-state index is 0.140. The topological polar surface area (TPSA) is 60.8 Å². The van der Waals surface area contributed by atoms with Crippen LogP contribution >= 0.6 is 0 Å². The Morgan fingerprint density at radius 1 is 1.05 bits per heavy atom. The molecular weight excluding hydrogens is 592 g/mol. The lowest BCUT2D eigenvalue weighted by molar-refractivity contribution is -0.284. The van der Waals surface area contributed by atoms with Gasteiger partial charge in [-0.25, -0.2) is 4.39 Å². The average Bonchev–Trinajstić information content (AvgIpc) is 3.15. The van der Waals surface area contributed by atoms with Gasteiger partial charge in [0.1, 0.15) is 11.9 Å². The second-order valence-corrected chi connectivity index (χ2v) is 15.2. The number of halogens is 6. The van der Waals surface area contributed by atoms with Gasteiger partial charge < -0.3 is 15.1 Å². The van der Waals surface area contributed by atoms with Crippen molar-refractivity contribution in [3.63, 3.8) is 0 Å². The predicted molar refractivity (Wildman–Crippen MR) is 157 cm³/mol. The number of benzene rings is 1. The van der Waals surface area contributed by atoms with Crippen molar-refractivity contribution in [1.29, 1.82) is 0 Å². The Hall–Kier alpha value is -1.33. The van der Waals surface area contributed by atoms with E-state index >= 15 is 0 Å². The lowest BCUT2D eigenvalue weighted by Gasteiger charge is -2.53. The van der Waals surface area contributed by atoms with Gasteiger partial charge >= 0.3 is 12.1 Å². The van der Waals surface area contributed by atoms with Crippen LogP contribution in [0.3, 0.4) is 0 Å². The molecule has 0 aromatic heterocycles. The number of aliphatic hydroxyl groups is 1. The molecule has 0 aliphatic heterocycles. The zero-order valence-electron chi connectivity index (χ0n) is 25.2. The van der Waals surface area contributed by atoms with Crippen molar-refractivity contribution in [2.75, 3.05) is 31.6 Å². The molecule has 11 heteroatoms. The van der Waals surface area contributed by atoms with Crippen LogP contribution in [0, 0.1) is 23.2 Å². The summed E-state index contributed by atoms with van der Waals surface area (Å²) in [6, 6.07) is 5.67. The lowest BCUT2D eigenvalue weighted by atomic mass is 9.52. The van der Waals surface area contributed by atoms with Gasteiger partial charge in [0.2, 0.25) is 0 Å². The fourth-order valence-corrected chi connectivity index (χ4v) is 9.40. The van der Waals surface area contributed by atoms with E-state index in [1.54, 1.807) is 6.07 Å². The highest BCUT2D eigenvalue weighted by atomic mass is 32.2. The number of hydrogen-bond acceptors (Lipinski definition) is 4. The van der Waals surface area contributed by atoms with Crippen LogP contribution in [0.15, 0.2) is 18.2 Å². The minimum Gasteiger partial charge on any atom is -0.508 e. The standard InChI is InChI=1S/C32H47F6NO3S/c1-30-13-11-25-24-10-9-23(40)19-22(24)18-21(28(25)26(30)20-27(33)29(30)41)8-4-3-5-14-39(2)15-7-17-43(42)16-6-12-31(34,35)32(36,37)38/h9-10,19,21,25-29,40-41H,3-8,11-18,20H2,1-2H3/t21-,25-,26+,27-,28-,29+,30+,43?/m1/s1. The molecule has 0 heterocycles. The Labute approximate surface area is 254 Å². The van der Waals surface area contributed by atoms with E-state index in [0.29, 0.717) is 37.1 Å². The molecule has 2 fully saturated rings. The van der Waals surface area contributed by atoms with Crippen LogP contribution in [0.5, 0.6) is 5.75 Å². The van der Waals surface area contributed by atoms with Crippen LogP contribution < -0.4 is 0 Å². The van der Waals surface area contributed by atoms with Gasteiger partial charge in [-0.1, -0.05) is 25.8 Å². The van der Waals surface area contributed by atoms with Gasteiger partial charge in [0.05, 0.1) is 6.10 Å². The minimum atomic E-state index is -5.57. The third-order valence-corrected chi connectivity index (χ3v) is 12.1. The van der Waals surface area contributed by atoms with E-state index in [1.165, 1.54) is 11.1 Å². The molecule has 43 heavy (non-hydrogen) atoms. The molecule has 0 bridgehead atoms. The molecule has 3 aliphatic carbocycles. The average molecular weight is 640 g/mol.